The molecule has 2 N–H and O–H groups in total. The Kier molecular flexibility index (Phi) is 2.85. The molecular formula is C6H10N2O3. The quantitative estimate of drug-likeness (QED) is 0.434. The van der Waals surface area contributed by atoms with Crippen LogP contribution in [0, 0.1) is 0 Å². The van der Waals surface area contributed by atoms with Crippen molar-refractivity contribution >= 4 is 12.1 Å². The molecule has 5 heteroatoms. The predicted octanol–water partition coefficient (Wildman–Crippen LogP) is -0.737. The lowest BCUT2D eigenvalue weighted by molar-refractivity contribution is -0.111. The van der Waals surface area contributed by atoms with Crippen molar-refractivity contribution in [2.24, 2.45) is 10.9 Å². The van der Waals surface area contributed by atoms with Crippen molar-refractivity contribution in [1.82, 2.24) is 0 Å². The molecule has 1 fully saturated rings. The molecule has 1 heterocycles. The first-order valence-electron chi connectivity index (χ1n) is 3.35. The summed E-state index contributed by atoms with van der Waals surface area (Å²) in [4.78, 5) is 15.0. The number of carbonyl (C=O) groups excluding carboxylic acids is 1. The maximum absolute atomic E-state index is 10.1. The van der Waals surface area contributed by atoms with Crippen LogP contribution in [0.3, 0.4) is 0 Å². The van der Waals surface area contributed by atoms with Gasteiger partial charge in [0.1, 0.15) is 6.21 Å². The van der Waals surface area contributed by atoms with Gasteiger partial charge in [0, 0.05) is 6.42 Å². The lowest BCUT2D eigenvalue weighted by Crippen LogP contribution is -2.14. The molecule has 0 aromatic heterocycles. The Morgan fingerprint density at radius 1 is 1.82 bits per heavy atom. The molecule has 62 valence electrons. The van der Waals surface area contributed by atoms with Crippen LogP contribution in [0.1, 0.15) is 6.42 Å². The van der Waals surface area contributed by atoms with Gasteiger partial charge in [-0.15, -0.1) is 0 Å². The van der Waals surface area contributed by atoms with Crippen molar-refractivity contribution in [3.05, 3.63) is 0 Å². The topological polar surface area (TPSA) is 73.9 Å². The Morgan fingerprint density at radius 2 is 2.64 bits per heavy atom. The summed E-state index contributed by atoms with van der Waals surface area (Å²) in [5, 5.41) is 3.37. The van der Waals surface area contributed by atoms with Crippen molar-refractivity contribution < 1.29 is 14.4 Å². The molecule has 0 aliphatic carbocycles. The standard InChI is InChI=1S/C6H10N2O3/c7-6(9)3-8-11-5-1-2-10-4-5/h3,5H,1-2,4H2,(H2,7,9)/b8-3-. The van der Waals surface area contributed by atoms with Gasteiger partial charge < -0.3 is 15.3 Å². The second kappa shape index (κ2) is 3.92. The number of hydrogen-bond acceptors (Lipinski definition) is 4. The Morgan fingerprint density at radius 3 is 3.18 bits per heavy atom. The highest BCUT2D eigenvalue weighted by molar-refractivity contribution is 6.25. The maximum Gasteiger partial charge on any atom is 0.263 e. The van der Waals surface area contributed by atoms with Gasteiger partial charge in [-0.3, -0.25) is 4.79 Å². The second-order valence-electron chi connectivity index (χ2n) is 2.23. The number of hydrogen-bond donors (Lipinski definition) is 1. The van der Waals surface area contributed by atoms with Gasteiger partial charge in [-0.2, -0.15) is 0 Å². The van der Waals surface area contributed by atoms with Gasteiger partial charge >= 0.3 is 0 Å². The third kappa shape index (κ3) is 2.99. The van der Waals surface area contributed by atoms with Crippen LogP contribution in [-0.2, 0) is 14.4 Å². The average Bonchev–Trinajstić information content (AvgIpc) is 2.39. The zero-order chi connectivity index (χ0) is 8.10. The van der Waals surface area contributed by atoms with Crippen LogP contribution < -0.4 is 5.73 Å². The van der Waals surface area contributed by atoms with E-state index < -0.39 is 5.91 Å². The van der Waals surface area contributed by atoms with Gasteiger partial charge in [0.2, 0.25) is 0 Å². The monoisotopic (exact) mass is 158 g/mol. The van der Waals surface area contributed by atoms with Crippen molar-refractivity contribution in [3.8, 4) is 0 Å². The van der Waals surface area contributed by atoms with E-state index in [-0.39, 0.29) is 6.10 Å². The summed E-state index contributed by atoms with van der Waals surface area (Å²) in [6, 6.07) is 0. The van der Waals surface area contributed by atoms with Gasteiger partial charge in [-0.1, -0.05) is 5.16 Å². The van der Waals surface area contributed by atoms with Crippen molar-refractivity contribution in [1.29, 1.82) is 0 Å². The molecule has 1 aliphatic heterocycles. The summed E-state index contributed by atoms with van der Waals surface area (Å²) in [5.41, 5.74) is 4.78. The minimum absolute atomic E-state index is 0.0226. The van der Waals surface area contributed by atoms with E-state index in [1.54, 1.807) is 0 Å². The number of oxime groups is 1. The lowest BCUT2D eigenvalue weighted by atomic mass is 10.3. The first-order valence-corrected chi connectivity index (χ1v) is 3.35. The normalized spacial score (nSPS) is 24.2. The largest absolute Gasteiger partial charge is 0.390 e. The molecule has 0 bridgehead atoms. The zero-order valence-electron chi connectivity index (χ0n) is 6.03. The minimum atomic E-state index is -0.607. The summed E-state index contributed by atoms with van der Waals surface area (Å²) >= 11 is 0. The number of rotatable bonds is 3. The van der Waals surface area contributed by atoms with E-state index in [9.17, 15) is 4.79 Å². The molecule has 0 saturated carbocycles. The van der Waals surface area contributed by atoms with E-state index in [0.717, 1.165) is 12.6 Å². The second-order valence-corrected chi connectivity index (χ2v) is 2.23. The van der Waals surface area contributed by atoms with Crippen LogP contribution in [0.2, 0.25) is 0 Å². The SMILES string of the molecule is NC(=O)/C=N\OC1CCOC1. The summed E-state index contributed by atoms with van der Waals surface area (Å²) < 4.78 is 5.00. The molecular weight excluding hydrogens is 148 g/mol. The highest BCUT2D eigenvalue weighted by Crippen LogP contribution is 2.07. The van der Waals surface area contributed by atoms with E-state index >= 15 is 0 Å². The van der Waals surface area contributed by atoms with Gasteiger partial charge in [-0.05, 0) is 0 Å². The Balaban J connectivity index is 2.15. The van der Waals surface area contributed by atoms with Crippen LogP contribution >= 0.6 is 0 Å². The lowest BCUT2D eigenvalue weighted by Gasteiger charge is -2.02. The van der Waals surface area contributed by atoms with Crippen LogP contribution in [0.5, 0.6) is 0 Å². The van der Waals surface area contributed by atoms with E-state index in [2.05, 4.69) is 5.16 Å². The fourth-order valence-corrected chi connectivity index (χ4v) is 0.764. The third-order valence-electron chi connectivity index (χ3n) is 1.28. The highest BCUT2D eigenvalue weighted by Gasteiger charge is 2.16. The van der Waals surface area contributed by atoms with Gasteiger partial charge in [0.05, 0.1) is 13.2 Å². The number of primary amides is 1. The smallest absolute Gasteiger partial charge is 0.263 e. The molecule has 5 nitrogen and oxygen atoms in total. The predicted molar refractivity (Wildman–Crippen MR) is 38.0 cm³/mol. The number of amides is 1. The molecule has 1 aliphatic rings. The maximum atomic E-state index is 10.1. The first kappa shape index (κ1) is 8.00. The Hall–Kier alpha value is -1.10. The molecule has 11 heavy (non-hydrogen) atoms. The van der Waals surface area contributed by atoms with Crippen LogP contribution in [0.25, 0.3) is 0 Å². The summed E-state index contributed by atoms with van der Waals surface area (Å²) in [5.74, 6) is -0.607. The van der Waals surface area contributed by atoms with E-state index in [1.165, 1.54) is 0 Å². The van der Waals surface area contributed by atoms with E-state index in [1.807, 2.05) is 0 Å². The Labute approximate surface area is 64.1 Å². The molecule has 1 rings (SSSR count). The highest BCUT2D eigenvalue weighted by atomic mass is 16.7. The summed E-state index contributed by atoms with van der Waals surface area (Å²) in [6.07, 6.45) is 1.74. The van der Waals surface area contributed by atoms with Crippen molar-refractivity contribution in [2.75, 3.05) is 13.2 Å². The van der Waals surface area contributed by atoms with E-state index in [0.29, 0.717) is 13.2 Å². The number of carbonyl (C=O) groups is 1. The zero-order valence-corrected chi connectivity index (χ0v) is 6.03. The Bertz CT molecular complexity index is 163. The molecule has 1 unspecified atom stereocenters. The van der Waals surface area contributed by atoms with Crippen LogP contribution in [-0.4, -0.2) is 31.4 Å². The fraction of sp³-hybridized carbons (Fsp3) is 0.667. The van der Waals surface area contributed by atoms with E-state index in [4.69, 9.17) is 15.3 Å². The summed E-state index contributed by atoms with van der Waals surface area (Å²) in [7, 11) is 0. The van der Waals surface area contributed by atoms with Gasteiger partial charge in [0.15, 0.2) is 6.10 Å². The van der Waals surface area contributed by atoms with Crippen molar-refractivity contribution in [2.45, 2.75) is 12.5 Å². The molecule has 1 atom stereocenters. The van der Waals surface area contributed by atoms with Gasteiger partial charge in [0.25, 0.3) is 5.91 Å². The molecule has 0 radical (unpaired) electrons. The average molecular weight is 158 g/mol. The van der Waals surface area contributed by atoms with Crippen molar-refractivity contribution in [3.63, 3.8) is 0 Å². The fourth-order valence-electron chi connectivity index (χ4n) is 0.764. The number of nitrogens with two attached hydrogens (primary N) is 1. The van der Waals surface area contributed by atoms with Crippen LogP contribution in [0.4, 0.5) is 0 Å². The molecule has 0 aromatic carbocycles. The molecule has 1 amide bonds. The third-order valence-corrected chi connectivity index (χ3v) is 1.28. The molecule has 1 saturated heterocycles. The van der Waals surface area contributed by atoms with Gasteiger partial charge in [-0.25, -0.2) is 0 Å². The molecule has 0 aromatic rings. The summed E-state index contributed by atoms with van der Waals surface area (Å²) in [6.45, 7) is 1.23. The number of nitrogens with zero attached hydrogens (tertiary/aromatic N) is 1. The minimum Gasteiger partial charge on any atom is -0.390 e. The number of ether oxygens (including phenoxy) is 1. The molecule has 0 spiro atoms. The van der Waals surface area contributed by atoms with Crippen LogP contribution in [0.15, 0.2) is 5.16 Å². The first-order chi connectivity index (χ1) is 5.29.